The molecule has 1 aromatic heterocycles. The molecule has 1 heterocycles. The van der Waals surface area contributed by atoms with Crippen molar-refractivity contribution in [2.75, 3.05) is 19.5 Å². The molecule has 124 valence electrons. The predicted octanol–water partition coefficient (Wildman–Crippen LogP) is 2.72. The summed E-state index contributed by atoms with van der Waals surface area (Å²) < 4.78 is 12.5. The number of aromatic nitrogens is 2. The number of anilines is 1. The lowest BCUT2D eigenvalue weighted by atomic mass is 10.2. The Hall–Kier alpha value is -2.28. The molecule has 0 spiro atoms. The second-order valence-electron chi connectivity index (χ2n) is 4.97. The lowest BCUT2D eigenvalue weighted by molar-refractivity contribution is 0.405. The van der Waals surface area contributed by atoms with Crippen LogP contribution in [0.4, 0.5) is 5.69 Å². The molecule has 23 heavy (non-hydrogen) atoms. The Labute approximate surface area is 141 Å². The lowest BCUT2D eigenvalue weighted by Crippen LogP contribution is -2.28. The Balaban J connectivity index is 2.00. The molecular formula is C16H22N4O2S. The van der Waals surface area contributed by atoms with Crippen molar-refractivity contribution in [1.82, 2.24) is 15.1 Å². The van der Waals surface area contributed by atoms with Crippen LogP contribution >= 0.6 is 12.2 Å². The fourth-order valence-electron chi connectivity index (χ4n) is 2.15. The molecule has 0 aliphatic carbocycles. The standard InChI is InChI=1S/C16H22N4O2S/c1-5-20-10-12(11(2)19-20)9-17-16(23)18-14-8-13(21-3)6-7-15(14)22-4/h6-8,10H,5,9H2,1-4H3,(H2,17,18,23). The largest absolute Gasteiger partial charge is 0.497 e. The molecule has 0 fully saturated rings. The fraction of sp³-hybridized carbons (Fsp3) is 0.375. The molecule has 0 atom stereocenters. The number of hydrogen-bond acceptors (Lipinski definition) is 4. The average Bonchev–Trinajstić information content (AvgIpc) is 2.93. The van der Waals surface area contributed by atoms with E-state index in [2.05, 4.69) is 22.7 Å². The Morgan fingerprint density at radius 2 is 2.09 bits per heavy atom. The van der Waals surface area contributed by atoms with Crippen LogP contribution < -0.4 is 20.1 Å². The van der Waals surface area contributed by atoms with Gasteiger partial charge in [0.1, 0.15) is 11.5 Å². The monoisotopic (exact) mass is 334 g/mol. The van der Waals surface area contributed by atoms with E-state index >= 15 is 0 Å². The maximum atomic E-state index is 5.35. The fourth-order valence-corrected chi connectivity index (χ4v) is 2.33. The van der Waals surface area contributed by atoms with Crippen LogP contribution in [0.15, 0.2) is 24.4 Å². The van der Waals surface area contributed by atoms with Crippen molar-refractivity contribution in [2.45, 2.75) is 26.9 Å². The van der Waals surface area contributed by atoms with E-state index in [9.17, 15) is 0 Å². The van der Waals surface area contributed by atoms with E-state index in [-0.39, 0.29) is 0 Å². The topological polar surface area (TPSA) is 60.3 Å². The van der Waals surface area contributed by atoms with Crippen LogP contribution in [0.2, 0.25) is 0 Å². The molecule has 0 unspecified atom stereocenters. The summed E-state index contributed by atoms with van der Waals surface area (Å²) in [4.78, 5) is 0. The third-order valence-electron chi connectivity index (χ3n) is 3.47. The zero-order valence-electron chi connectivity index (χ0n) is 13.8. The van der Waals surface area contributed by atoms with Gasteiger partial charge in [0.15, 0.2) is 5.11 Å². The summed E-state index contributed by atoms with van der Waals surface area (Å²) in [5.41, 5.74) is 2.88. The van der Waals surface area contributed by atoms with Gasteiger partial charge in [0.25, 0.3) is 0 Å². The summed E-state index contributed by atoms with van der Waals surface area (Å²) in [7, 11) is 3.24. The van der Waals surface area contributed by atoms with Crippen molar-refractivity contribution < 1.29 is 9.47 Å². The highest BCUT2D eigenvalue weighted by atomic mass is 32.1. The van der Waals surface area contributed by atoms with Crippen molar-refractivity contribution in [1.29, 1.82) is 0 Å². The van der Waals surface area contributed by atoms with Crippen LogP contribution in [0.3, 0.4) is 0 Å². The highest BCUT2D eigenvalue weighted by Crippen LogP contribution is 2.28. The van der Waals surface area contributed by atoms with Gasteiger partial charge in [-0.1, -0.05) is 0 Å². The highest BCUT2D eigenvalue weighted by Gasteiger charge is 2.08. The molecule has 6 nitrogen and oxygen atoms in total. The first-order valence-electron chi connectivity index (χ1n) is 7.37. The van der Waals surface area contributed by atoms with Crippen molar-refractivity contribution in [3.63, 3.8) is 0 Å². The summed E-state index contributed by atoms with van der Waals surface area (Å²) >= 11 is 5.35. The molecule has 0 aliphatic heterocycles. The van der Waals surface area contributed by atoms with E-state index < -0.39 is 0 Å². The summed E-state index contributed by atoms with van der Waals surface area (Å²) in [5.74, 6) is 1.43. The van der Waals surface area contributed by atoms with Gasteiger partial charge in [0.2, 0.25) is 0 Å². The summed E-state index contributed by atoms with van der Waals surface area (Å²) in [5, 5.41) is 11.3. The molecule has 0 saturated heterocycles. The minimum absolute atomic E-state index is 0.514. The second kappa shape index (κ2) is 7.82. The van der Waals surface area contributed by atoms with Crippen molar-refractivity contribution in [3.05, 3.63) is 35.7 Å². The molecule has 0 aliphatic rings. The van der Waals surface area contributed by atoms with Gasteiger partial charge in [-0.05, 0) is 38.2 Å². The number of hydrogen-bond donors (Lipinski definition) is 2. The number of nitrogens with zero attached hydrogens (tertiary/aromatic N) is 2. The maximum Gasteiger partial charge on any atom is 0.171 e. The van der Waals surface area contributed by atoms with Crippen molar-refractivity contribution >= 4 is 23.0 Å². The van der Waals surface area contributed by atoms with Crippen LogP contribution in [0.5, 0.6) is 11.5 Å². The van der Waals surface area contributed by atoms with Gasteiger partial charge in [-0.2, -0.15) is 5.10 Å². The van der Waals surface area contributed by atoms with Gasteiger partial charge in [-0.15, -0.1) is 0 Å². The SMILES string of the molecule is CCn1cc(CNC(=S)Nc2cc(OC)ccc2OC)c(C)n1. The van der Waals surface area contributed by atoms with Crippen LogP contribution in [0, 0.1) is 6.92 Å². The average molecular weight is 334 g/mol. The van der Waals surface area contributed by atoms with Crippen LogP contribution in [-0.2, 0) is 13.1 Å². The summed E-state index contributed by atoms with van der Waals surface area (Å²) in [6.07, 6.45) is 2.02. The number of nitrogens with one attached hydrogen (secondary N) is 2. The van der Waals surface area contributed by atoms with Crippen LogP contribution in [0.25, 0.3) is 0 Å². The zero-order valence-corrected chi connectivity index (χ0v) is 14.7. The number of aryl methyl sites for hydroxylation is 2. The van der Waals surface area contributed by atoms with Gasteiger partial charge in [-0.25, -0.2) is 0 Å². The molecule has 2 rings (SSSR count). The second-order valence-corrected chi connectivity index (χ2v) is 5.38. The third kappa shape index (κ3) is 4.35. The maximum absolute atomic E-state index is 5.35. The van der Waals surface area contributed by atoms with E-state index in [1.165, 1.54) is 0 Å². The Bertz CT molecular complexity index is 685. The minimum atomic E-state index is 0.514. The molecule has 2 N–H and O–H groups in total. The Morgan fingerprint density at radius 3 is 2.70 bits per heavy atom. The highest BCUT2D eigenvalue weighted by molar-refractivity contribution is 7.80. The van der Waals surface area contributed by atoms with Gasteiger partial charge in [0, 0.05) is 30.9 Å². The smallest absolute Gasteiger partial charge is 0.171 e. The molecule has 0 radical (unpaired) electrons. The lowest BCUT2D eigenvalue weighted by Gasteiger charge is -2.14. The van der Waals surface area contributed by atoms with Gasteiger partial charge in [0.05, 0.1) is 25.6 Å². The number of ether oxygens (including phenoxy) is 2. The van der Waals surface area contributed by atoms with Gasteiger partial charge >= 0.3 is 0 Å². The quantitative estimate of drug-likeness (QED) is 0.792. The molecule has 7 heteroatoms. The summed E-state index contributed by atoms with van der Waals surface area (Å²) in [6.45, 7) is 5.52. The van der Waals surface area contributed by atoms with E-state index in [4.69, 9.17) is 21.7 Å². The molecule has 1 aromatic carbocycles. The molecule has 2 aromatic rings. The van der Waals surface area contributed by atoms with E-state index in [1.54, 1.807) is 14.2 Å². The normalized spacial score (nSPS) is 10.3. The van der Waals surface area contributed by atoms with E-state index in [1.807, 2.05) is 36.0 Å². The first-order valence-corrected chi connectivity index (χ1v) is 7.78. The van der Waals surface area contributed by atoms with Crippen LogP contribution in [-0.4, -0.2) is 29.1 Å². The van der Waals surface area contributed by atoms with Crippen molar-refractivity contribution in [2.24, 2.45) is 0 Å². The summed E-state index contributed by atoms with van der Waals surface area (Å²) in [6, 6.07) is 5.51. The third-order valence-corrected chi connectivity index (χ3v) is 3.71. The first kappa shape index (κ1) is 17.1. The van der Waals surface area contributed by atoms with Crippen molar-refractivity contribution in [3.8, 4) is 11.5 Å². The Kier molecular flexibility index (Phi) is 5.81. The minimum Gasteiger partial charge on any atom is -0.497 e. The predicted molar refractivity (Wildman–Crippen MR) is 95.2 cm³/mol. The molecule has 0 bridgehead atoms. The number of thiocarbonyl (C=S) groups is 1. The first-order chi connectivity index (χ1) is 11.1. The van der Waals surface area contributed by atoms with Gasteiger partial charge < -0.3 is 20.1 Å². The van der Waals surface area contributed by atoms with Gasteiger partial charge in [-0.3, -0.25) is 4.68 Å². The number of benzene rings is 1. The van der Waals surface area contributed by atoms with E-state index in [0.717, 1.165) is 29.2 Å². The molecular weight excluding hydrogens is 312 g/mol. The number of rotatable bonds is 6. The van der Waals surface area contributed by atoms with Crippen LogP contribution in [0.1, 0.15) is 18.2 Å². The molecule has 0 amide bonds. The zero-order chi connectivity index (χ0) is 16.8. The Morgan fingerprint density at radius 1 is 1.30 bits per heavy atom. The molecule has 0 saturated carbocycles. The number of methoxy groups -OCH3 is 2. The van der Waals surface area contributed by atoms with E-state index in [0.29, 0.717) is 17.4 Å².